The highest BCUT2D eigenvalue weighted by Gasteiger charge is 2.28. The lowest BCUT2D eigenvalue weighted by atomic mass is 10.2. The molecule has 1 aromatic rings. The van der Waals surface area contributed by atoms with Crippen LogP contribution in [0.25, 0.3) is 0 Å². The van der Waals surface area contributed by atoms with Crippen LogP contribution in [0.2, 0.25) is 0 Å². The lowest BCUT2D eigenvalue weighted by Crippen LogP contribution is -2.35. The fraction of sp³-hybridized carbons (Fsp3) is 0.700. The van der Waals surface area contributed by atoms with Gasteiger partial charge in [0.1, 0.15) is 5.82 Å². The van der Waals surface area contributed by atoms with Gasteiger partial charge in [0, 0.05) is 12.5 Å². The third-order valence-electron chi connectivity index (χ3n) is 2.93. The van der Waals surface area contributed by atoms with Crippen molar-refractivity contribution >= 4 is 5.91 Å². The van der Waals surface area contributed by atoms with Gasteiger partial charge in [-0.1, -0.05) is 0 Å². The Hall–Kier alpha value is -1.43. The Morgan fingerprint density at radius 2 is 2.31 bits per heavy atom. The minimum atomic E-state index is -0.210. The van der Waals surface area contributed by atoms with Gasteiger partial charge in [-0.2, -0.15) is 0 Å². The Kier molecular flexibility index (Phi) is 2.36. The van der Waals surface area contributed by atoms with E-state index >= 15 is 0 Å². The highest BCUT2D eigenvalue weighted by atomic mass is 16.5. The van der Waals surface area contributed by atoms with Gasteiger partial charge in [0.25, 0.3) is 5.91 Å². The van der Waals surface area contributed by atoms with E-state index in [0.29, 0.717) is 19.1 Å². The van der Waals surface area contributed by atoms with Crippen LogP contribution in [-0.4, -0.2) is 40.3 Å². The maximum atomic E-state index is 11.7. The molecule has 1 atom stereocenters. The molecule has 1 amide bonds. The highest BCUT2D eigenvalue weighted by Crippen LogP contribution is 2.37. The summed E-state index contributed by atoms with van der Waals surface area (Å²) in [5.74, 6) is 1.36. The number of rotatable bonds is 3. The van der Waals surface area contributed by atoms with Crippen molar-refractivity contribution in [3.05, 3.63) is 11.6 Å². The van der Waals surface area contributed by atoms with E-state index in [1.807, 2.05) is 0 Å². The van der Waals surface area contributed by atoms with E-state index in [0.717, 1.165) is 25.1 Å². The molecule has 6 heteroatoms. The van der Waals surface area contributed by atoms with Gasteiger partial charge in [-0.15, -0.1) is 5.10 Å². The quantitative estimate of drug-likeness (QED) is 0.765. The minimum absolute atomic E-state index is 0.107. The van der Waals surface area contributed by atoms with Crippen LogP contribution in [0, 0.1) is 0 Å². The van der Waals surface area contributed by atoms with Gasteiger partial charge >= 0.3 is 0 Å². The summed E-state index contributed by atoms with van der Waals surface area (Å²) >= 11 is 0. The van der Waals surface area contributed by atoms with Gasteiger partial charge in [0.05, 0.1) is 12.6 Å². The molecule has 1 saturated heterocycles. The van der Waals surface area contributed by atoms with Crippen LogP contribution in [-0.2, 0) is 4.74 Å². The Morgan fingerprint density at radius 1 is 1.44 bits per heavy atom. The fourth-order valence-corrected chi connectivity index (χ4v) is 1.81. The van der Waals surface area contributed by atoms with Gasteiger partial charge < -0.3 is 10.1 Å². The number of carbonyl (C=O) groups is 1. The number of nitrogens with zero attached hydrogens (tertiary/aromatic N) is 2. The molecule has 2 aliphatic rings. The number of carbonyl (C=O) groups excluding carboxylic acids is 1. The van der Waals surface area contributed by atoms with E-state index in [1.165, 1.54) is 0 Å². The highest BCUT2D eigenvalue weighted by molar-refractivity contribution is 5.90. The van der Waals surface area contributed by atoms with Crippen molar-refractivity contribution in [3.63, 3.8) is 0 Å². The van der Waals surface area contributed by atoms with Gasteiger partial charge in [-0.05, 0) is 19.3 Å². The van der Waals surface area contributed by atoms with Gasteiger partial charge in [0.15, 0.2) is 0 Å². The van der Waals surface area contributed by atoms with Crippen molar-refractivity contribution in [2.24, 2.45) is 0 Å². The number of ether oxygens (including phenoxy) is 1. The number of nitrogens with one attached hydrogen (secondary N) is 2. The molecular weight excluding hydrogens is 208 g/mol. The van der Waals surface area contributed by atoms with Crippen LogP contribution in [0.1, 0.15) is 41.6 Å². The molecule has 0 aromatic carbocycles. The first kappa shape index (κ1) is 9.77. The number of hydrogen-bond acceptors (Lipinski definition) is 4. The lowest BCUT2D eigenvalue weighted by Gasteiger charge is -2.07. The van der Waals surface area contributed by atoms with Crippen molar-refractivity contribution in [1.29, 1.82) is 0 Å². The molecule has 2 fully saturated rings. The summed E-state index contributed by atoms with van der Waals surface area (Å²) in [7, 11) is 0. The van der Waals surface area contributed by atoms with Crippen LogP contribution in [0.15, 0.2) is 0 Å². The van der Waals surface area contributed by atoms with Gasteiger partial charge in [-0.25, -0.2) is 4.98 Å². The first-order valence-electron chi connectivity index (χ1n) is 5.64. The van der Waals surface area contributed by atoms with E-state index in [-0.39, 0.29) is 17.8 Å². The second kappa shape index (κ2) is 3.86. The summed E-state index contributed by atoms with van der Waals surface area (Å²) in [4.78, 5) is 15.9. The third-order valence-corrected chi connectivity index (χ3v) is 2.93. The van der Waals surface area contributed by atoms with E-state index in [2.05, 4.69) is 20.5 Å². The number of hydrogen-bond donors (Lipinski definition) is 2. The second-order valence-corrected chi connectivity index (χ2v) is 4.35. The molecule has 2 heterocycles. The van der Waals surface area contributed by atoms with Gasteiger partial charge in [0.2, 0.25) is 5.82 Å². The summed E-state index contributed by atoms with van der Waals surface area (Å²) < 4.78 is 5.18. The normalized spacial score (nSPS) is 24.6. The van der Waals surface area contributed by atoms with Crippen molar-refractivity contribution < 1.29 is 9.53 Å². The molecule has 6 nitrogen and oxygen atoms in total. The van der Waals surface area contributed by atoms with Crippen LogP contribution < -0.4 is 5.32 Å². The molecular formula is C10H14N4O2. The predicted octanol–water partition coefficient (Wildman–Crippen LogP) is 0.201. The summed E-state index contributed by atoms with van der Waals surface area (Å²) in [6.07, 6.45) is 3.16. The van der Waals surface area contributed by atoms with Crippen molar-refractivity contribution in [1.82, 2.24) is 20.5 Å². The number of H-pyrrole nitrogens is 1. The van der Waals surface area contributed by atoms with E-state index < -0.39 is 0 Å². The van der Waals surface area contributed by atoms with Crippen molar-refractivity contribution in [2.75, 3.05) is 13.2 Å². The second-order valence-electron chi connectivity index (χ2n) is 4.35. The molecule has 0 radical (unpaired) electrons. The molecule has 86 valence electrons. The molecule has 1 aliphatic heterocycles. The molecule has 1 aliphatic carbocycles. The average molecular weight is 222 g/mol. The summed E-state index contributed by atoms with van der Waals surface area (Å²) in [5.41, 5.74) is 0. The van der Waals surface area contributed by atoms with E-state index in [1.54, 1.807) is 0 Å². The van der Waals surface area contributed by atoms with E-state index in [9.17, 15) is 4.79 Å². The topological polar surface area (TPSA) is 79.9 Å². The van der Waals surface area contributed by atoms with Crippen molar-refractivity contribution in [3.8, 4) is 0 Å². The number of amides is 1. The Morgan fingerprint density at radius 3 is 3.00 bits per heavy atom. The minimum Gasteiger partial charge on any atom is -0.379 e. The summed E-state index contributed by atoms with van der Waals surface area (Å²) in [6, 6.07) is 0.107. The molecule has 1 aromatic heterocycles. The lowest BCUT2D eigenvalue weighted by molar-refractivity contribution is 0.0920. The molecule has 2 N–H and O–H groups in total. The zero-order chi connectivity index (χ0) is 11.0. The maximum Gasteiger partial charge on any atom is 0.291 e. The molecule has 1 saturated carbocycles. The largest absolute Gasteiger partial charge is 0.379 e. The fourth-order valence-electron chi connectivity index (χ4n) is 1.81. The number of aromatic nitrogens is 3. The maximum absolute atomic E-state index is 11.7. The number of aromatic amines is 1. The molecule has 1 unspecified atom stereocenters. The molecule has 3 rings (SSSR count). The predicted molar refractivity (Wildman–Crippen MR) is 55.0 cm³/mol. The molecule has 0 spiro atoms. The monoisotopic (exact) mass is 222 g/mol. The Labute approximate surface area is 92.8 Å². The van der Waals surface area contributed by atoms with Crippen LogP contribution in [0.4, 0.5) is 0 Å². The molecule has 16 heavy (non-hydrogen) atoms. The molecule has 0 bridgehead atoms. The smallest absolute Gasteiger partial charge is 0.291 e. The van der Waals surface area contributed by atoms with Crippen molar-refractivity contribution in [2.45, 2.75) is 31.2 Å². The zero-order valence-electron chi connectivity index (χ0n) is 8.90. The third kappa shape index (κ3) is 1.92. The Balaban J connectivity index is 1.63. The van der Waals surface area contributed by atoms with Gasteiger partial charge in [-0.3, -0.25) is 9.89 Å². The van der Waals surface area contributed by atoms with Crippen LogP contribution in [0.3, 0.4) is 0 Å². The SMILES string of the molecule is O=C(NC1CCOC1)c1n[nH]c(C2CC2)n1. The zero-order valence-corrected chi connectivity index (χ0v) is 8.90. The first-order chi connectivity index (χ1) is 7.83. The summed E-state index contributed by atoms with van der Waals surface area (Å²) in [6.45, 7) is 1.30. The summed E-state index contributed by atoms with van der Waals surface area (Å²) in [5, 5.41) is 9.61. The average Bonchev–Trinajstić information content (AvgIpc) is 2.82. The van der Waals surface area contributed by atoms with E-state index in [4.69, 9.17) is 4.74 Å². The van der Waals surface area contributed by atoms with Crippen LogP contribution in [0.5, 0.6) is 0 Å². The first-order valence-corrected chi connectivity index (χ1v) is 5.64. The standard InChI is InChI=1S/C10H14N4O2/c15-10(11-7-3-4-16-5-7)9-12-8(13-14-9)6-1-2-6/h6-7H,1-5H2,(H,11,15)(H,12,13,14). The Bertz CT molecular complexity index is 393. The van der Waals surface area contributed by atoms with Crippen LogP contribution >= 0.6 is 0 Å².